The molecule has 1 aliphatic carbocycles. The molecule has 1 spiro atoms. The quantitative estimate of drug-likeness (QED) is 0.226. The number of benzene rings is 2. The number of alkyl halides is 6. The summed E-state index contributed by atoms with van der Waals surface area (Å²) in [6, 6.07) is -2.83. The maximum absolute atomic E-state index is 15.4. The van der Waals surface area contributed by atoms with Gasteiger partial charge in [0.1, 0.15) is 47.8 Å². The van der Waals surface area contributed by atoms with E-state index in [0.29, 0.717) is 45.2 Å². The van der Waals surface area contributed by atoms with E-state index < -0.39 is 197 Å². The minimum absolute atomic E-state index is 0.0512. The zero-order valence-electron chi connectivity index (χ0n) is 60.7. The van der Waals surface area contributed by atoms with Crippen molar-refractivity contribution in [1.29, 1.82) is 0 Å². The number of fused-ring (bicyclic) bond motifs is 1. The smallest absolute Gasteiger partial charge is 0.343 e. The minimum atomic E-state index is -4.95. The molecular weight excluding hydrogens is 1360 g/mol. The number of nitrogens with one attached hydrogen (secondary N) is 3. The Balaban J connectivity index is 1.45. The Morgan fingerprint density at radius 3 is 1.80 bits per heavy atom. The Hall–Kier alpha value is -8.05. The zero-order valence-corrected chi connectivity index (χ0v) is 61.5. The molecule has 3 N–H and O–H groups in total. The third-order valence-electron chi connectivity index (χ3n) is 20.3. The van der Waals surface area contributed by atoms with Crippen LogP contribution >= 0.6 is 11.6 Å². The number of halogens is 7. The van der Waals surface area contributed by atoms with Crippen molar-refractivity contribution in [3.05, 3.63) is 69.7 Å². The van der Waals surface area contributed by atoms with Crippen LogP contribution in [0.3, 0.4) is 0 Å². The molecule has 12 amide bonds. The number of hydrogen-bond donors (Lipinski definition) is 3. The first kappa shape index (κ1) is 82.9. The molecule has 0 bridgehead atoms. The van der Waals surface area contributed by atoms with Crippen molar-refractivity contribution in [3.63, 3.8) is 0 Å². The predicted molar refractivity (Wildman–Crippen MR) is 366 cm³/mol. The summed E-state index contributed by atoms with van der Waals surface area (Å²) in [7, 11) is 8.87. The van der Waals surface area contributed by atoms with E-state index in [1.165, 1.54) is 56.0 Å². The molecule has 0 radical (unpaired) electrons. The van der Waals surface area contributed by atoms with Crippen molar-refractivity contribution in [3.8, 4) is 0 Å². The van der Waals surface area contributed by atoms with Crippen LogP contribution in [0, 0.1) is 17.8 Å². The zero-order chi connectivity index (χ0) is 76.2. The molecule has 3 saturated heterocycles. The van der Waals surface area contributed by atoms with E-state index in [4.69, 9.17) is 11.6 Å². The van der Waals surface area contributed by atoms with E-state index in [-0.39, 0.29) is 63.0 Å². The fourth-order valence-corrected chi connectivity index (χ4v) is 14.3. The minimum Gasteiger partial charge on any atom is -0.343 e. The molecular formula is C71H101ClF6N12O12. The lowest BCUT2D eigenvalue weighted by Gasteiger charge is -2.42. The van der Waals surface area contributed by atoms with Crippen LogP contribution in [0.5, 0.6) is 0 Å². The van der Waals surface area contributed by atoms with Gasteiger partial charge in [0.2, 0.25) is 70.9 Å². The molecule has 3 heterocycles. The van der Waals surface area contributed by atoms with E-state index in [0.717, 1.165) is 81.4 Å². The molecule has 1 saturated carbocycles. The predicted octanol–water partition coefficient (Wildman–Crippen LogP) is 5.79. The normalized spacial score (nSPS) is 24.7. The van der Waals surface area contributed by atoms with E-state index in [1.807, 2.05) is 13.8 Å². The molecule has 1 unspecified atom stereocenters. The van der Waals surface area contributed by atoms with Crippen molar-refractivity contribution >= 4 is 82.5 Å². The standard InChI is InChI=1S/C71H101ClF6N12O12/c1-14-44(6)59-66(100)84(9)40-57(93)82(7)41-58(94)86(11)53(37-46-23-16-17-24-47(46)70(73,74)75)64(98)83(8)39-55(91)79-50(29-27-45-26-28-48(49(72)36-45)71(76,77)78)63(97)90-34-22-25-51(90)62(96)81-69(30-18-19-31-69)68(102)88(13)60(43(4)5)67(101)87(12)54(65(99)89-32-20-15-21-33-89)38-56(92)85(10)52(35-42(2)3)61(95)80-59/h16-17,23-24,26,28,36,42-44,50-54,59-60H,14-15,18-22,25,27,29-35,37-41H2,1-13H3,(H,79,91)(H,80,95)(H,81,96)/t44-,50-,51?,52-,53-,54-,59-,60-/m0/s1. The summed E-state index contributed by atoms with van der Waals surface area (Å²) < 4.78 is 85.4. The first-order chi connectivity index (χ1) is 47.6. The van der Waals surface area contributed by atoms with Gasteiger partial charge >= 0.3 is 12.4 Å². The molecule has 8 atom stereocenters. The molecule has 0 aromatic heterocycles. The molecule has 24 nitrogen and oxygen atoms in total. The van der Waals surface area contributed by atoms with Crippen LogP contribution in [0.15, 0.2) is 42.5 Å². The van der Waals surface area contributed by atoms with Crippen LogP contribution in [-0.2, 0) is 82.7 Å². The highest BCUT2D eigenvalue weighted by atomic mass is 35.5. The van der Waals surface area contributed by atoms with E-state index in [9.17, 15) is 69.5 Å². The molecule has 2 aromatic rings. The lowest BCUT2D eigenvalue weighted by atomic mass is 9.91. The summed E-state index contributed by atoms with van der Waals surface area (Å²) in [4.78, 5) is 188. The fraction of sp³-hybridized carbons (Fsp3) is 0.662. The van der Waals surface area contributed by atoms with Crippen LogP contribution in [0.25, 0.3) is 0 Å². The Morgan fingerprint density at radius 2 is 1.22 bits per heavy atom. The van der Waals surface area contributed by atoms with Crippen molar-refractivity contribution < 1.29 is 83.9 Å². The highest BCUT2D eigenvalue weighted by molar-refractivity contribution is 6.31. The largest absolute Gasteiger partial charge is 0.417 e. The molecule has 31 heteroatoms. The molecule has 6 rings (SSSR count). The van der Waals surface area contributed by atoms with Gasteiger partial charge in [0.05, 0.1) is 42.2 Å². The average molecular weight is 1460 g/mol. The second kappa shape index (κ2) is 35.4. The van der Waals surface area contributed by atoms with E-state index in [2.05, 4.69) is 16.0 Å². The highest BCUT2D eigenvalue weighted by Crippen LogP contribution is 2.38. The summed E-state index contributed by atoms with van der Waals surface area (Å²) in [5.41, 5.74) is -4.17. The summed E-state index contributed by atoms with van der Waals surface area (Å²) >= 11 is 6.11. The highest BCUT2D eigenvalue weighted by Gasteiger charge is 2.51. The average Bonchev–Trinajstić information content (AvgIpc) is 1.82. The SMILES string of the molecule is CC[C@H](C)[C@@H]1NC(=O)[C@H](CC(C)C)N(C)C(=O)C[C@@H](C(=O)N2CCCCC2)N(C)C(=O)[C@H](C(C)C)N(C)C(=O)C2(CCCC2)NC(=O)C2CCCN2C(=O)[C@H](CCc2ccc(C(F)(F)F)c(Cl)c2)NC(=O)CN(C)C(=O)[C@H](Cc2ccccc2C(F)(F)F)N(C)C(=O)CN(C)C(=O)CN(C)C1=O. The van der Waals surface area contributed by atoms with Crippen molar-refractivity contribution in [2.45, 2.75) is 198 Å². The number of hydrogen-bond acceptors (Lipinski definition) is 12. The topological polar surface area (TPSA) is 270 Å². The van der Waals surface area contributed by atoms with Gasteiger partial charge in [-0.15, -0.1) is 0 Å². The van der Waals surface area contributed by atoms with Gasteiger partial charge in [-0.2, -0.15) is 26.3 Å². The third kappa shape index (κ3) is 20.4. The van der Waals surface area contributed by atoms with Crippen molar-refractivity contribution in [1.82, 2.24) is 60.0 Å². The summed E-state index contributed by atoms with van der Waals surface area (Å²) in [6.45, 7) is 8.65. The maximum Gasteiger partial charge on any atom is 0.417 e. The first-order valence-corrected chi connectivity index (χ1v) is 35.3. The van der Waals surface area contributed by atoms with E-state index >= 15 is 14.4 Å². The number of rotatable bonds is 11. The Labute approximate surface area is 598 Å². The summed E-state index contributed by atoms with van der Waals surface area (Å²) in [6.07, 6.45) is -7.82. The molecule has 4 fully saturated rings. The number of piperidine rings is 1. The van der Waals surface area contributed by atoms with Gasteiger partial charge in [-0.1, -0.05) is 96.7 Å². The number of likely N-dealkylation sites (tertiary alicyclic amines) is 1. The number of carbonyl (C=O) groups is 12. The van der Waals surface area contributed by atoms with Gasteiger partial charge in [0.15, 0.2) is 0 Å². The van der Waals surface area contributed by atoms with Crippen LogP contribution in [0.4, 0.5) is 26.3 Å². The van der Waals surface area contributed by atoms with Crippen LogP contribution < -0.4 is 16.0 Å². The Kier molecular flexibility index (Phi) is 28.8. The monoisotopic (exact) mass is 1460 g/mol. The second-order valence-electron chi connectivity index (χ2n) is 28.6. The van der Waals surface area contributed by atoms with Gasteiger partial charge in [-0.05, 0) is 111 Å². The second-order valence-corrected chi connectivity index (χ2v) is 29.0. The molecule has 102 heavy (non-hydrogen) atoms. The first-order valence-electron chi connectivity index (χ1n) is 35.0. The Morgan fingerprint density at radius 1 is 0.618 bits per heavy atom. The Bertz CT molecular complexity index is 3400. The van der Waals surface area contributed by atoms with Gasteiger partial charge in [-0.3, -0.25) is 57.5 Å². The van der Waals surface area contributed by atoms with Crippen LogP contribution in [0.2, 0.25) is 5.02 Å². The molecule has 566 valence electrons. The number of nitrogens with zero attached hydrogens (tertiary/aromatic N) is 9. The van der Waals surface area contributed by atoms with Gasteiger partial charge < -0.3 is 60.0 Å². The lowest BCUT2D eigenvalue weighted by Crippen LogP contribution is -2.65. The molecule has 3 aliphatic heterocycles. The van der Waals surface area contributed by atoms with Gasteiger partial charge in [0, 0.05) is 75.4 Å². The number of carbonyl (C=O) groups excluding carboxylic acids is 12. The lowest BCUT2D eigenvalue weighted by molar-refractivity contribution is -0.156. The maximum atomic E-state index is 15.4. The van der Waals surface area contributed by atoms with E-state index in [1.54, 1.807) is 32.6 Å². The van der Waals surface area contributed by atoms with Crippen LogP contribution in [-0.4, -0.2) is 251 Å². The summed E-state index contributed by atoms with van der Waals surface area (Å²) in [5.74, 6) is -11.2. The third-order valence-corrected chi connectivity index (χ3v) is 20.7. The van der Waals surface area contributed by atoms with Gasteiger partial charge in [0.25, 0.3) is 0 Å². The number of amides is 12. The number of aryl methyl sites for hydroxylation is 1. The summed E-state index contributed by atoms with van der Waals surface area (Å²) in [5, 5.41) is 7.73. The van der Waals surface area contributed by atoms with Gasteiger partial charge in [-0.25, -0.2) is 0 Å². The fourth-order valence-electron chi connectivity index (χ4n) is 14.0. The molecule has 2 aromatic carbocycles. The van der Waals surface area contributed by atoms with Crippen molar-refractivity contribution in [2.24, 2.45) is 17.8 Å². The van der Waals surface area contributed by atoms with Crippen molar-refractivity contribution in [2.75, 3.05) is 88.6 Å². The van der Waals surface area contributed by atoms with Crippen LogP contribution in [0.1, 0.15) is 147 Å². The molecule has 4 aliphatic rings. The number of likely N-dealkylation sites (N-methyl/N-ethyl adjacent to an activating group) is 7.